The van der Waals surface area contributed by atoms with Crippen LogP contribution in [0.3, 0.4) is 0 Å². The summed E-state index contributed by atoms with van der Waals surface area (Å²) in [5, 5.41) is 19.5. The molecule has 1 aromatic carbocycles. The summed E-state index contributed by atoms with van der Waals surface area (Å²) in [7, 11) is 0. The molecule has 2 rings (SSSR count). The van der Waals surface area contributed by atoms with Crippen molar-refractivity contribution in [2.24, 2.45) is 0 Å². The van der Waals surface area contributed by atoms with Crippen LogP contribution < -0.4 is 15.1 Å². The highest BCUT2D eigenvalue weighted by Gasteiger charge is 2.19. The van der Waals surface area contributed by atoms with Gasteiger partial charge in [-0.05, 0) is 51.8 Å². The van der Waals surface area contributed by atoms with Crippen molar-refractivity contribution in [3.8, 4) is 17.2 Å². The monoisotopic (exact) mass is 402 g/mol. The molecule has 0 bridgehead atoms. The van der Waals surface area contributed by atoms with Gasteiger partial charge in [-0.1, -0.05) is 23.3 Å². The molecule has 7 heteroatoms. The molecule has 0 amide bonds. The summed E-state index contributed by atoms with van der Waals surface area (Å²) in [4.78, 5) is 22.9. The lowest BCUT2D eigenvalue weighted by atomic mass is 10.1. The minimum absolute atomic E-state index is 0.0865. The van der Waals surface area contributed by atoms with Gasteiger partial charge < -0.3 is 24.1 Å². The molecule has 0 aliphatic carbocycles. The van der Waals surface area contributed by atoms with Crippen LogP contribution in [0.15, 0.2) is 50.7 Å². The highest BCUT2D eigenvalue weighted by Crippen LogP contribution is 2.37. The number of ether oxygens (including phenoxy) is 2. The number of hydrogen-bond donors (Lipinski definition) is 2. The molecule has 0 aliphatic rings. The van der Waals surface area contributed by atoms with Gasteiger partial charge in [-0.15, -0.1) is 0 Å². The molecule has 0 unspecified atom stereocenters. The van der Waals surface area contributed by atoms with Crippen molar-refractivity contribution in [2.75, 3.05) is 13.2 Å². The standard InChI is InChI=1S/C22H26O7/c1-14(2)6-4-7-15(3)10-12-28-21-20(25)19-16(27-13-11-18(23)24)8-5-9-17(19)29-22(21)26/h5-6,8-10,25H,4,7,11-13H2,1-3H3,(H,23,24). The number of carbonyl (C=O) groups is 1. The molecular formula is C22H26O7. The van der Waals surface area contributed by atoms with Crippen LogP contribution in [0.2, 0.25) is 0 Å². The first-order valence-corrected chi connectivity index (χ1v) is 9.34. The fourth-order valence-electron chi connectivity index (χ4n) is 2.64. The second kappa shape index (κ2) is 10.4. The predicted molar refractivity (Wildman–Crippen MR) is 110 cm³/mol. The molecule has 1 heterocycles. The lowest BCUT2D eigenvalue weighted by molar-refractivity contribution is -0.137. The number of allylic oxidation sites excluding steroid dienone is 3. The van der Waals surface area contributed by atoms with Crippen molar-refractivity contribution in [3.63, 3.8) is 0 Å². The Kier molecular flexibility index (Phi) is 7.88. The van der Waals surface area contributed by atoms with Crippen LogP contribution in [-0.2, 0) is 4.79 Å². The zero-order valence-corrected chi connectivity index (χ0v) is 16.9. The van der Waals surface area contributed by atoms with Gasteiger partial charge in [0.1, 0.15) is 23.3 Å². The highest BCUT2D eigenvalue weighted by molar-refractivity contribution is 5.91. The van der Waals surface area contributed by atoms with E-state index in [-0.39, 0.29) is 42.1 Å². The van der Waals surface area contributed by atoms with Gasteiger partial charge in [0, 0.05) is 0 Å². The Morgan fingerprint density at radius 3 is 2.59 bits per heavy atom. The van der Waals surface area contributed by atoms with E-state index in [4.69, 9.17) is 19.0 Å². The molecule has 7 nitrogen and oxygen atoms in total. The van der Waals surface area contributed by atoms with Crippen molar-refractivity contribution in [2.45, 2.75) is 40.0 Å². The predicted octanol–water partition coefficient (Wildman–Crippen LogP) is 4.42. The molecule has 29 heavy (non-hydrogen) atoms. The van der Waals surface area contributed by atoms with E-state index in [2.05, 4.69) is 6.08 Å². The van der Waals surface area contributed by atoms with Gasteiger partial charge in [-0.2, -0.15) is 0 Å². The van der Waals surface area contributed by atoms with Gasteiger partial charge in [-0.25, -0.2) is 4.79 Å². The molecule has 0 spiro atoms. The summed E-state index contributed by atoms with van der Waals surface area (Å²) in [6.07, 6.45) is 5.58. The highest BCUT2D eigenvalue weighted by atomic mass is 16.5. The number of aliphatic carboxylic acids is 1. The van der Waals surface area contributed by atoms with Crippen molar-refractivity contribution < 1.29 is 28.9 Å². The Bertz CT molecular complexity index is 979. The summed E-state index contributed by atoms with van der Waals surface area (Å²) in [5.74, 6) is -1.49. The zero-order chi connectivity index (χ0) is 21.4. The van der Waals surface area contributed by atoms with Crippen LogP contribution in [0.4, 0.5) is 0 Å². The summed E-state index contributed by atoms with van der Waals surface area (Å²) in [6, 6.07) is 4.65. The summed E-state index contributed by atoms with van der Waals surface area (Å²) in [5.41, 5.74) is 1.69. The fourth-order valence-corrected chi connectivity index (χ4v) is 2.64. The van der Waals surface area contributed by atoms with Crippen LogP contribution in [0.25, 0.3) is 11.0 Å². The Morgan fingerprint density at radius 1 is 1.14 bits per heavy atom. The quantitative estimate of drug-likeness (QED) is 0.447. The summed E-state index contributed by atoms with van der Waals surface area (Å²) in [6.45, 7) is 6.08. The maximum atomic E-state index is 12.2. The molecule has 0 fully saturated rings. The van der Waals surface area contributed by atoms with E-state index in [0.717, 1.165) is 18.4 Å². The molecule has 1 aromatic heterocycles. The molecule has 2 N–H and O–H groups in total. The first-order chi connectivity index (χ1) is 13.8. The van der Waals surface area contributed by atoms with E-state index in [0.29, 0.717) is 0 Å². The minimum Gasteiger partial charge on any atom is -0.503 e. The molecule has 2 aromatic rings. The molecule has 0 atom stereocenters. The first kappa shape index (κ1) is 22.1. The molecule has 0 radical (unpaired) electrons. The largest absolute Gasteiger partial charge is 0.503 e. The molecule has 0 saturated carbocycles. The normalized spacial score (nSPS) is 11.3. The SMILES string of the molecule is CC(C)=CCCC(C)=CCOc1c(O)c2c(OCCC(=O)O)cccc2oc1=O. The third-order valence-corrected chi connectivity index (χ3v) is 4.15. The van der Waals surface area contributed by atoms with Crippen LogP contribution in [0.5, 0.6) is 17.2 Å². The van der Waals surface area contributed by atoms with Crippen molar-refractivity contribution in [3.05, 3.63) is 51.9 Å². The van der Waals surface area contributed by atoms with Crippen LogP contribution in [0.1, 0.15) is 40.0 Å². The molecule has 0 aliphatic heterocycles. The van der Waals surface area contributed by atoms with Crippen molar-refractivity contribution >= 4 is 16.9 Å². The van der Waals surface area contributed by atoms with E-state index in [1.165, 1.54) is 11.6 Å². The number of hydrogen-bond acceptors (Lipinski definition) is 6. The maximum Gasteiger partial charge on any atom is 0.383 e. The topological polar surface area (TPSA) is 106 Å². The fraction of sp³-hybridized carbons (Fsp3) is 0.364. The van der Waals surface area contributed by atoms with E-state index in [9.17, 15) is 14.7 Å². The number of benzene rings is 1. The lowest BCUT2D eigenvalue weighted by Gasteiger charge is -2.11. The molecule has 156 valence electrons. The van der Waals surface area contributed by atoms with E-state index in [1.54, 1.807) is 12.1 Å². The number of fused-ring (bicyclic) bond motifs is 1. The van der Waals surface area contributed by atoms with Crippen LogP contribution in [-0.4, -0.2) is 29.4 Å². The third-order valence-electron chi connectivity index (χ3n) is 4.15. The van der Waals surface area contributed by atoms with Crippen molar-refractivity contribution in [1.82, 2.24) is 0 Å². The Labute approximate surface area is 168 Å². The van der Waals surface area contributed by atoms with Crippen molar-refractivity contribution in [1.29, 1.82) is 0 Å². The second-order valence-corrected chi connectivity index (χ2v) is 6.87. The van der Waals surface area contributed by atoms with Crippen LogP contribution >= 0.6 is 0 Å². The number of aromatic hydroxyl groups is 1. The smallest absolute Gasteiger partial charge is 0.383 e. The third kappa shape index (κ3) is 6.41. The lowest BCUT2D eigenvalue weighted by Crippen LogP contribution is -2.09. The van der Waals surface area contributed by atoms with Gasteiger partial charge in [0.05, 0.1) is 13.0 Å². The average Bonchev–Trinajstić information content (AvgIpc) is 2.63. The average molecular weight is 402 g/mol. The molecular weight excluding hydrogens is 376 g/mol. The number of rotatable bonds is 10. The molecule has 0 saturated heterocycles. The Hall–Kier alpha value is -3.22. The van der Waals surface area contributed by atoms with E-state index < -0.39 is 17.3 Å². The van der Waals surface area contributed by atoms with E-state index in [1.807, 2.05) is 26.8 Å². The van der Waals surface area contributed by atoms with Gasteiger partial charge in [0.15, 0.2) is 5.75 Å². The summed E-state index contributed by atoms with van der Waals surface area (Å²) < 4.78 is 16.1. The second-order valence-electron chi connectivity index (χ2n) is 6.87. The van der Waals surface area contributed by atoms with Gasteiger partial charge >= 0.3 is 11.6 Å². The Balaban J connectivity index is 2.20. The number of carboxylic acid groups (broad SMARTS) is 1. The van der Waals surface area contributed by atoms with Gasteiger partial charge in [0.25, 0.3) is 0 Å². The van der Waals surface area contributed by atoms with E-state index >= 15 is 0 Å². The van der Waals surface area contributed by atoms with Gasteiger partial charge in [0.2, 0.25) is 5.75 Å². The number of carboxylic acids is 1. The maximum absolute atomic E-state index is 12.2. The minimum atomic E-state index is -1.00. The first-order valence-electron chi connectivity index (χ1n) is 9.34. The summed E-state index contributed by atoms with van der Waals surface area (Å²) >= 11 is 0. The Morgan fingerprint density at radius 2 is 1.90 bits per heavy atom. The zero-order valence-electron chi connectivity index (χ0n) is 16.9. The van der Waals surface area contributed by atoms with Gasteiger partial charge in [-0.3, -0.25) is 4.79 Å². The van der Waals surface area contributed by atoms with Crippen LogP contribution in [0, 0.1) is 0 Å².